The number of phenols is 1. The van der Waals surface area contributed by atoms with Crippen LogP contribution >= 0.6 is 12.2 Å². The normalized spacial score (nSPS) is 10.4. The number of aromatic amines is 1. The molecule has 1 amide bonds. The van der Waals surface area contributed by atoms with Gasteiger partial charge in [-0.1, -0.05) is 12.1 Å². The van der Waals surface area contributed by atoms with Crippen LogP contribution in [0.4, 0.5) is 0 Å². The summed E-state index contributed by atoms with van der Waals surface area (Å²) >= 11 is 5.09. The van der Waals surface area contributed by atoms with E-state index in [9.17, 15) is 9.90 Å². The molecule has 22 heavy (non-hydrogen) atoms. The van der Waals surface area contributed by atoms with Gasteiger partial charge in [-0.3, -0.25) is 15.2 Å². The number of aromatic nitrogens is 5. The van der Waals surface area contributed by atoms with Crippen molar-refractivity contribution in [3.8, 4) is 17.3 Å². The van der Waals surface area contributed by atoms with Crippen molar-refractivity contribution in [2.45, 2.75) is 0 Å². The Morgan fingerprint density at radius 1 is 1.32 bits per heavy atom. The van der Waals surface area contributed by atoms with Crippen LogP contribution < -0.4 is 5.43 Å². The number of nitrogens with zero attached hydrogens (tertiary/aromatic N) is 4. The molecule has 3 N–H and O–H groups in total. The van der Waals surface area contributed by atoms with Gasteiger partial charge in [0.25, 0.3) is 5.91 Å². The van der Waals surface area contributed by atoms with E-state index in [1.807, 2.05) is 0 Å². The summed E-state index contributed by atoms with van der Waals surface area (Å²) in [6.45, 7) is 0. The average molecular weight is 314 g/mol. The quantitative estimate of drug-likeness (QED) is 0.632. The van der Waals surface area contributed by atoms with Gasteiger partial charge < -0.3 is 5.11 Å². The third kappa shape index (κ3) is 2.56. The van der Waals surface area contributed by atoms with Crippen molar-refractivity contribution in [1.82, 2.24) is 24.8 Å². The lowest BCUT2D eigenvalue weighted by Gasteiger charge is -2.09. The molecule has 0 atom stereocenters. The second-order valence-corrected chi connectivity index (χ2v) is 4.62. The standard InChI is InChI=1S/C13H10N6O2S/c20-10-4-2-1-3-8(10)12(21)18-19-11(16-17-13(19)22)9-7-14-5-6-15-9/h1-7,20H,(H,17,22)(H,18,21). The van der Waals surface area contributed by atoms with Gasteiger partial charge in [-0.05, 0) is 24.4 Å². The van der Waals surface area contributed by atoms with Gasteiger partial charge in [0.1, 0.15) is 11.4 Å². The molecule has 3 rings (SSSR count). The fourth-order valence-corrected chi connectivity index (χ4v) is 1.99. The Labute approximate surface area is 129 Å². The van der Waals surface area contributed by atoms with E-state index in [1.165, 1.54) is 35.4 Å². The maximum absolute atomic E-state index is 12.3. The van der Waals surface area contributed by atoms with Gasteiger partial charge in [0.15, 0.2) is 0 Å². The maximum Gasteiger partial charge on any atom is 0.273 e. The second-order valence-electron chi connectivity index (χ2n) is 4.24. The summed E-state index contributed by atoms with van der Waals surface area (Å²) in [5, 5.41) is 16.3. The number of amides is 1. The Hall–Kier alpha value is -3.07. The largest absolute Gasteiger partial charge is 0.507 e. The van der Waals surface area contributed by atoms with E-state index in [0.717, 1.165) is 0 Å². The summed E-state index contributed by atoms with van der Waals surface area (Å²) < 4.78 is 1.46. The van der Waals surface area contributed by atoms with Gasteiger partial charge in [0.2, 0.25) is 10.6 Å². The van der Waals surface area contributed by atoms with Crippen molar-refractivity contribution in [2.24, 2.45) is 0 Å². The zero-order chi connectivity index (χ0) is 15.5. The van der Waals surface area contributed by atoms with Crippen LogP contribution in [0, 0.1) is 4.77 Å². The van der Waals surface area contributed by atoms with Crippen molar-refractivity contribution in [1.29, 1.82) is 0 Å². The Balaban J connectivity index is 1.97. The fraction of sp³-hybridized carbons (Fsp3) is 0. The molecule has 0 radical (unpaired) electrons. The fourth-order valence-electron chi connectivity index (χ4n) is 1.81. The molecule has 0 saturated carbocycles. The van der Waals surface area contributed by atoms with E-state index < -0.39 is 5.91 Å². The van der Waals surface area contributed by atoms with E-state index in [1.54, 1.807) is 12.1 Å². The predicted octanol–water partition coefficient (Wildman–Crippen LogP) is 1.49. The summed E-state index contributed by atoms with van der Waals surface area (Å²) in [5.41, 5.74) is 3.12. The first-order valence-electron chi connectivity index (χ1n) is 6.20. The molecule has 0 aliphatic carbocycles. The zero-order valence-electron chi connectivity index (χ0n) is 11.1. The van der Waals surface area contributed by atoms with Crippen LogP contribution in [-0.4, -0.2) is 35.9 Å². The monoisotopic (exact) mass is 314 g/mol. The second kappa shape index (κ2) is 5.74. The molecule has 8 nitrogen and oxygen atoms in total. The maximum atomic E-state index is 12.3. The molecule has 0 bridgehead atoms. The lowest BCUT2D eigenvalue weighted by molar-refractivity contribution is 0.100. The van der Waals surface area contributed by atoms with E-state index in [2.05, 4.69) is 25.6 Å². The Kier molecular flexibility index (Phi) is 3.62. The average Bonchev–Trinajstić information content (AvgIpc) is 2.89. The minimum absolute atomic E-state index is 0.121. The van der Waals surface area contributed by atoms with Crippen LogP contribution in [0.2, 0.25) is 0 Å². The topological polar surface area (TPSA) is 109 Å². The van der Waals surface area contributed by atoms with Crippen molar-refractivity contribution in [3.63, 3.8) is 0 Å². The minimum Gasteiger partial charge on any atom is -0.507 e. The number of carbonyl (C=O) groups is 1. The molecular formula is C13H10N6O2S. The van der Waals surface area contributed by atoms with Crippen LogP contribution in [0.5, 0.6) is 5.75 Å². The van der Waals surface area contributed by atoms with E-state index in [-0.39, 0.29) is 16.1 Å². The number of benzene rings is 1. The van der Waals surface area contributed by atoms with Crippen LogP contribution in [0.1, 0.15) is 10.4 Å². The Bertz CT molecular complexity index is 873. The highest BCUT2D eigenvalue weighted by molar-refractivity contribution is 7.71. The van der Waals surface area contributed by atoms with Crippen molar-refractivity contribution in [2.75, 3.05) is 5.43 Å². The highest BCUT2D eigenvalue weighted by Crippen LogP contribution is 2.17. The first kappa shape index (κ1) is 13.9. The summed E-state index contributed by atoms with van der Waals surface area (Å²) in [5.74, 6) is -0.348. The summed E-state index contributed by atoms with van der Waals surface area (Å²) in [6.07, 6.45) is 4.52. The summed E-state index contributed by atoms with van der Waals surface area (Å²) in [7, 11) is 0. The molecule has 0 aliphatic rings. The molecule has 3 aromatic rings. The molecule has 0 aliphatic heterocycles. The van der Waals surface area contributed by atoms with Gasteiger partial charge in [-0.2, -0.15) is 5.10 Å². The van der Waals surface area contributed by atoms with Crippen LogP contribution in [0.25, 0.3) is 11.5 Å². The lowest BCUT2D eigenvalue weighted by atomic mass is 10.2. The van der Waals surface area contributed by atoms with Gasteiger partial charge in [-0.25, -0.2) is 14.8 Å². The number of carbonyl (C=O) groups excluding carboxylic acids is 1. The molecule has 110 valence electrons. The van der Waals surface area contributed by atoms with Gasteiger partial charge >= 0.3 is 0 Å². The number of phenolic OH excluding ortho intramolecular Hbond substituents is 1. The summed E-state index contributed by atoms with van der Waals surface area (Å²) in [6, 6.07) is 6.19. The van der Waals surface area contributed by atoms with Gasteiger partial charge in [0.05, 0.1) is 11.8 Å². The number of rotatable bonds is 3. The van der Waals surface area contributed by atoms with Crippen LogP contribution in [0.15, 0.2) is 42.9 Å². The number of aromatic hydroxyl groups is 1. The number of hydrogen-bond acceptors (Lipinski definition) is 6. The molecule has 2 aromatic heterocycles. The van der Waals surface area contributed by atoms with Gasteiger partial charge in [-0.15, -0.1) is 0 Å². The van der Waals surface area contributed by atoms with Crippen molar-refractivity contribution in [3.05, 3.63) is 53.2 Å². The SMILES string of the molecule is O=C(Nn1c(-c2cnccn2)n[nH]c1=S)c1ccccc1O. The molecular weight excluding hydrogens is 304 g/mol. The highest BCUT2D eigenvalue weighted by atomic mass is 32.1. The lowest BCUT2D eigenvalue weighted by Crippen LogP contribution is -2.24. The molecule has 0 spiro atoms. The molecule has 0 fully saturated rings. The first-order chi connectivity index (χ1) is 10.7. The van der Waals surface area contributed by atoms with Crippen molar-refractivity contribution >= 4 is 18.1 Å². The number of nitrogens with one attached hydrogen (secondary N) is 2. The summed E-state index contributed by atoms with van der Waals surface area (Å²) in [4.78, 5) is 20.3. The first-order valence-corrected chi connectivity index (χ1v) is 6.61. The molecule has 0 unspecified atom stereocenters. The van der Waals surface area contributed by atoms with Gasteiger partial charge in [0, 0.05) is 12.4 Å². The molecule has 9 heteroatoms. The predicted molar refractivity (Wildman–Crippen MR) is 80.2 cm³/mol. The smallest absolute Gasteiger partial charge is 0.273 e. The van der Waals surface area contributed by atoms with Crippen molar-refractivity contribution < 1.29 is 9.90 Å². The van der Waals surface area contributed by atoms with Crippen LogP contribution in [0.3, 0.4) is 0 Å². The Morgan fingerprint density at radius 2 is 2.14 bits per heavy atom. The molecule has 1 aromatic carbocycles. The minimum atomic E-state index is -0.527. The van der Waals surface area contributed by atoms with E-state index in [0.29, 0.717) is 11.5 Å². The molecule has 0 saturated heterocycles. The van der Waals surface area contributed by atoms with E-state index in [4.69, 9.17) is 12.2 Å². The van der Waals surface area contributed by atoms with E-state index >= 15 is 0 Å². The Morgan fingerprint density at radius 3 is 2.86 bits per heavy atom. The third-order valence-electron chi connectivity index (χ3n) is 2.83. The number of para-hydroxylation sites is 1. The number of hydrogen-bond donors (Lipinski definition) is 3. The third-order valence-corrected chi connectivity index (χ3v) is 3.10. The molecule has 2 heterocycles. The number of H-pyrrole nitrogens is 1. The zero-order valence-corrected chi connectivity index (χ0v) is 11.9. The highest BCUT2D eigenvalue weighted by Gasteiger charge is 2.15. The van der Waals surface area contributed by atoms with Crippen LogP contribution in [-0.2, 0) is 0 Å².